The largest absolute Gasteiger partial charge is 0.411 e. The fourth-order valence-corrected chi connectivity index (χ4v) is 3.79. The van der Waals surface area contributed by atoms with Crippen molar-refractivity contribution < 1.29 is 13.9 Å². The van der Waals surface area contributed by atoms with E-state index in [1.54, 1.807) is 18.2 Å². The van der Waals surface area contributed by atoms with Crippen LogP contribution < -0.4 is 15.4 Å². The Labute approximate surface area is 193 Å². The van der Waals surface area contributed by atoms with Crippen LogP contribution in [0.15, 0.2) is 65.1 Å². The van der Waals surface area contributed by atoms with Gasteiger partial charge >= 0.3 is 6.08 Å². The smallest absolute Gasteiger partial charge is 0.400 e. The molecule has 3 aromatic carbocycles. The molecule has 0 saturated carbocycles. The Morgan fingerprint density at radius 1 is 1.00 bits per heavy atom. The summed E-state index contributed by atoms with van der Waals surface area (Å²) in [7, 11) is 0. The molecule has 3 N–H and O–H groups in total. The molecule has 0 spiro atoms. The summed E-state index contributed by atoms with van der Waals surface area (Å²) >= 11 is 5.99. The number of hydrogen-bond donors (Lipinski definition) is 3. The van der Waals surface area contributed by atoms with Crippen molar-refractivity contribution in [1.82, 2.24) is 15.0 Å². The highest BCUT2D eigenvalue weighted by molar-refractivity contribution is 6.31. The number of oxazole rings is 1. The van der Waals surface area contributed by atoms with E-state index < -0.39 is 0 Å². The van der Waals surface area contributed by atoms with Gasteiger partial charge in [-0.15, -0.1) is 0 Å². The molecule has 9 heteroatoms. The van der Waals surface area contributed by atoms with Crippen LogP contribution in [0.5, 0.6) is 11.8 Å². The maximum Gasteiger partial charge on any atom is 0.400 e. The quantitative estimate of drug-likeness (QED) is 0.291. The van der Waals surface area contributed by atoms with Crippen LogP contribution in [0.25, 0.3) is 22.1 Å². The molecule has 0 amide bonds. The average Bonchev–Trinajstić information content (AvgIpc) is 3.38. The number of anilines is 2. The number of aromatic amines is 1. The maximum atomic E-state index is 5.99. The third-order valence-electron chi connectivity index (χ3n) is 5.41. The van der Waals surface area contributed by atoms with E-state index in [-0.39, 0.29) is 6.08 Å². The molecule has 6 rings (SSSR count). The van der Waals surface area contributed by atoms with Gasteiger partial charge in [-0.3, -0.25) is 0 Å². The van der Waals surface area contributed by atoms with Crippen molar-refractivity contribution in [3.05, 3.63) is 71.2 Å². The lowest BCUT2D eigenvalue weighted by Gasteiger charge is -2.27. The molecule has 0 aliphatic carbocycles. The number of benzene rings is 3. The highest BCUT2D eigenvalue weighted by Gasteiger charge is 2.18. The monoisotopic (exact) mass is 461 g/mol. The first-order chi connectivity index (χ1) is 16.2. The standard InChI is InChI=1S/C24H20ClN5O3/c25-15-3-8-22-21(9-15)30-24(33-22)32-18-5-1-14(2-6-18)11-26-23-28-19-7-4-16(10-20(19)29-23)27-17-12-31-13-17/h1-10,17,27H,11-13H2,(H2,26,28,29). The number of aromatic nitrogens is 3. The molecule has 2 aromatic heterocycles. The van der Waals surface area contributed by atoms with Crippen LogP contribution >= 0.6 is 11.6 Å². The fraction of sp³-hybridized carbons (Fsp3) is 0.167. The number of nitrogens with one attached hydrogen (secondary N) is 3. The molecule has 1 aliphatic heterocycles. The Morgan fingerprint density at radius 3 is 2.70 bits per heavy atom. The van der Waals surface area contributed by atoms with Gasteiger partial charge in [0.15, 0.2) is 5.58 Å². The van der Waals surface area contributed by atoms with Crippen molar-refractivity contribution in [2.75, 3.05) is 23.8 Å². The molecule has 1 saturated heterocycles. The van der Waals surface area contributed by atoms with E-state index in [1.165, 1.54) is 0 Å². The Bertz CT molecular complexity index is 1430. The first kappa shape index (κ1) is 19.9. The topological polar surface area (TPSA) is 97.2 Å². The van der Waals surface area contributed by atoms with Crippen molar-refractivity contribution in [1.29, 1.82) is 0 Å². The molecular formula is C24H20ClN5O3. The summed E-state index contributed by atoms with van der Waals surface area (Å²) in [6.07, 6.45) is 0.180. The zero-order chi connectivity index (χ0) is 22.2. The molecule has 33 heavy (non-hydrogen) atoms. The Hall–Kier alpha value is -3.75. The van der Waals surface area contributed by atoms with Crippen LogP contribution in [-0.4, -0.2) is 34.2 Å². The second-order valence-electron chi connectivity index (χ2n) is 7.89. The predicted octanol–water partition coefficient (Wildman–Crippen LogP) is 5.57. The summed E-state index contributed by atoms with van der Waals surface area (Å²) < 4.78 is 16.6. The Kier molecular flexibility index (Phi) is 5.01. The van der Waals surface area contributed by atoms with Gasteiger partial charge in [0.05, 0.1) is 30.3 Å². The molecule has 1 fully saturated rings. The lowest BCUT2D eigenvalue weighted by Crippen LogP contribution is -2.40. The minimum Gasteiger partial charge on any atom is -0.411 e. The number of H-pyrrole nitrogens is 1. The van der Waals surface area contributed by atoms with E-state index in [4.69, 9.17) is 25.5 Å². The van der Waals surface area contributed by atoms with Crippen LogP contribution in [-0.2, 0) is 11.3 Å². The van der Waals surface area contributed by atoms with Crippen molar-refractivity contribution in [2.24, 2.45) is 0 Å². The molecule has 3 heterocycles. The molecule has 0 atom stereocenters. The van der Waals surface area contributed by atoms with Gasteiger partial charge in [-0.2, -0.15) is 4.98 Å². The molecule has 5 aromatic rings. The number of halogens is 1. The van der Waals surface area contributed by atoms with Crippen molar-refractivity contribution in [3.8, 4) is 11.8 Å². The van der Waals surface area contributed by atoms with E-state index in [0.29, 0.717) is 34.5 Å². The lowest BCUT2D eigenvalue weighted by atomic mass is 10.2. The Balaban J connectivity index is 1.09. The van der Waals surface area contributed by atoms with Gasteiger partial charge in [0.25, 0.3) is 0 Å². The van der Waals surface area contributed by atoms with Crippen LogP contribution in [0.2, 0.25) is 5.02 Å². The molecule has 0 unspecified atom stereocenters. The summed E-state index contributed by atoms with van der Waals surface area (Å²) in [6, 6.07) is 19.5. The van der Waals surface area contributed by atoms with Crippen molar-refractivity contribution >= 4 is 45.4 Å². The molecular weight excluding hydrogens is 442 g/mol. The zero-order valence-electron chi connectivity index (χ0n) is 17.5. The highest BCUT2D eigenvalue weighted by atomic mass is 35.5. The van der Waals surface area contributed by atoms with Gasteiger partial charge in [-0.25, -0.2) is 4.98 Å². The normalized spacial score (nSPS) is 13.8. The average molecular weight is 462 g/mol. The minimum atomic E-state index is 0.180. The Morgan fingerprint density at radius 2 is 1.88 bits per heavy atom. The summed E-state index contributed by atoms with van der Waals surface area (Å²) in [5.41, 5.74) is 5.32. The van der Waals surface area contributed by atoms with Gasteiger partial charge < -0.3 is 29.5 Å². The third-order valence-corrected chi connectivity index (χ3v) is 5.64. The number of rotatable bonds is 7. The number of imidazole rings is 1. The van der Waals surface area contributed by atoms with Gasteiger partial charge in [-0.1, -0.05) is 23.7 Å². The summed E-state index contributed by atoms with van der Waals surface area (Å²) in [4.78, 5) is 12.2. The zero-order valence-corrected chi connectivity index (χ0v) is 18.2. The summed E-state index contributed by atoms with van der Waals surface area (Å²) in [6.45, 7) is 2.12. The van der Waals surface area contributed by atoms with Gasteiger partial charge in [0.1, 0.15) is 11.3 Å². The van der Waals surface area contributed by atoms with E-state index in [9.17, 15) is 0 Å². The fourth-order valence-electron chi connectivity index (χ4n) is 3.62. The number of fused-ring (bicyclic) bond motifs is 2. The highest BCUT2D eigenvalue weighted by Crippen LogP contribution is 2.27. The number of hydrogen-bond acceptors (Lipinski definition) is 7. The molecule has 166 valence electrons. The molecule has 8 nitrogen and oxygen atoms in total. The second-order valence-corrected chi connectivity index (χ2v) is 8.32. The lowest BCUT2D eigenvalue weighted by molar-refractivity contribution is 0.0211. The summed E-state index contributed by atoms with van der Waals surface area (Å²) in [5.74, 6) is 1.36. The summed E-state index contributed by atoms with van der Waals surface area (Å²) in [5, 5.41) is 7.38. The van der Waals surface area contributed by atoms with Crippen LogP contribution in [0.1, 0.15) is 5.56 Å². The maximum absolute atomic E-state index is 5.99. The van der Waals surface area contributed by atoms with Gasteiger partial charge in [0.2, 0.25) is 5.95 Å². The minimum absolute atomic E-state index is 0.180. The van der Waals surface area contributed by atoms with Crippen LogP contribution in [0.3, 0.4) is 0 Å². The van der Waals surface area contributed by atoms with Crippen molar-refractivity contribution in [2.45, 2.75) is 12.6 Å². The van der Waals surface area contributed by atoms with E-state index in [0.717, 1.165) is 41.4 Å². The third kappa shape index (κ3) is 4.30. The molecule has 0 bridgehead atoms. The van der Waals surface area contributed by atoms with Crippen LogP contribution in [0, 0.1) is 0 Å². The van der Waals surface area contributed by atoms with Crippen LogP contribution in [0.4, 0.5) is 11.6 Å². The first-order valence-electron chi connectivity index (χ1n) is 10.6. The second kappa shape index (κ2) is 8.31. The van der Waals surface area contributed by atoms with Crippen molar-refractivity contribution in [3.63, 3.8) is 0 Å². The van der Waals surface area contributed by atoms with E-state index in [2.05, 4.69) is 31.7 Å². The molecule has 0 radical (unpaired) electrons. The SMILES string of the molecule is Clc1ccc2oc(Oc3ccc(CNc4nc5ccc(NC6COC6)cc5[nH]4)cc3)nc2c1. The van der Waals surface area contributed by atoms with E-state index in [1.807, 2.05) is 36.4 Å². The van der Waals surface area contributed by atoms with Gasteiger partial charge in [0, 0.05) is 17.3 Å². The first-order valence-corrected chi connectivity index (χ1v) is 11.0. The van der Waals surface area contributed by atoms with Gasteiger partial charge in [-0.05, 0) is 54.1 Å². The van der Waals surface area contributed by atoms with E-state index >= 15 is 0 Å². The predicted molar refractivity (Wildman–Crippen MR) is 127 cm³/mol. The molecule has 1 aliphatic rings. The number of ether oxygens (including phenoxy) is 2. The number of nitrogens with zero attached hydrogens (tertiary/aromatic N) is 2.